The van der Waals surface area contributed by atoms with Gasteiger partial charge in [-0.1, -0.05) is 6.07 Å². The van der Waals surface area contributed by atoms with Crippen LogP contribution in [0.2, 0.25) is 0 Å². The van der Waals surface area contributed by atoms with Crippen molar-refractivity contribution in [2.24, 2.45) is 7.05 Å². The minimum atomic E-state index is -3.70. The number of imidazole rings is 1. The molecule has 2 fully saturated rings. The van der Waals surface area contributed by atoms with Gasteiger partial charge in [-0.3, -0.25) is 0 Å². The van der Waals surface area contributed by atoms with Crippen LogP contribution in [0.3, 0.4) is 0 Å². The van der Waals surface area contributed by atoms with Crippen LogP contribution in [0.15, 0.2) is 52.6 Å². The van der Waals surface area contributed by atoms with Gasteiger partial charge >= 0.3 is 0 Å². The van der Waals surface area contributed by atoms with E-state index in [0.29, 0.717) is 55.9 Å². The third-order valence-corrected chi connectivity index (χ3v) is 10.8. The number of ether oxygens (including phenoxy) is 2. The predicted molar refractivity (Wildman–Crippen MR) is 146 cm³/mol. The molecular formula is C25H34N6O7S2. The molecule has 0 amide bonds. The molecule has 1 unspecified atom stereocenters. The molecule has 4 heterocycles. The number of nitrogens with one attached hydrogen (secondary N) is 2. The molecule has 2 saturated heterocycles. The van der Waals surface area contributed by atoms with Gasteiger partial charge in [0.1, 0.15) is 28.9 Å². The predicted octanol–water partition coefficient (Wildman–Crippen LogP) is 0.218. The van der Waals surface area contributed by atoms with Gasteiger partial charge in [-0.2, -0.15) is 4.31 Å². The Morgan fingerprint density at radius 1 is 1.18 bits per heavy atom. The molecule has 40 heavy (non-hydrogen) atoms. The van der Waals surface area contributed by atoms with Gasteiger partial charge in [-0.25, -0.2) is 31.5 Å². The van der Waals surface area contributed by atoms with Gasteiger partial charge in [0, 0.05) is 45.0 Å². The van der Waals surface area contributed by atoms with Crippen LogP contribution in [0.4, 0.5) is 0 Å². The maximum atomic E-state index is 13.3. The molecule has 13 nitrogen and oxygen atoms in total. The first-order valence-corrected chi connectivity index (χ1v) is 15.9. The standard InChI is InChI=1S/C25H34N6O7S2/c1-26-39(33,34)21-5-3-4-20(10-21)37-16-19(32)13-27-18-12-25(38-15-18)6-8-31(9-7-25)40(35,36)22-11-23-24(28-14-22)30(2)17-29-23/h3-5,10-11,14,17-19,26-27,32H,6-9,12-13,15-16H2,1-2H3/t18-,19?/m1/s1. The number of fused-ring (bicyclic) bond motifs is 1. The Balaban J connectivity index is 1.09. The van der Waals surface area contributed by atoms with Crippen LogP contribution in [0.25, 0.3) is 11.2 Å². The number of pyridine rings is 1. The number of rotatable bonds is 10. The van der Waals surface area contributed by atoms with Crippen LogP contribution in [0, 0.1) is 0 Å². The molecule has 0 radical (unpaired) electrons. The first-order valence-electron chi connectivity index (χ1n) is 13.0. The van der Waals surface area contributed by atoms with Crippen LogP contribution < -0.4 is 14.8 Å². The topological polar surface area (TPSA) is 165 Å². The normalized spacial score (nSPS) is 20.7. The number of hydrogen-bond donors (Lipinski definition) is 3. The molecule has 2 aliphatic rings. The fourth-order valence-electron chi connectivity index (χ4n) is 5.15. The fraction of sp³-hybridized carbons (Fsp3) is 0.520. The molecule has 0 bridgehead atoms. The molecule has 3 N–H and O–H groups in total. The van der Waals surface area contributed by atoms with Gasteiger partial charge in [0.25, 0.3) is 0 Å². The van der Waals surface area contributed by atoms with Crippen LogP contribution in [-0.2, 0) is 31.8 Å². The second-order valence-corrected chi connectivity index (χ2v) is 14.0. The van der Waals surface area contributed by atoms with Gasteiger partial charge in [-0.15, -0.1) is 0 Å². The van der Waals surface area contributed by atoms with E-state index in [0.717, 1.165) is 0 Å². The lowest BCUT2D eigenvalue weighted by Gasteiger charge is -2.38. The van der Waals surface area contributed by atoms with E-state index in [2.05, 4.69) is 20.0 Å². The monoisotopic (exact) mass is 594 g/mol. The first kappa shape index (κ1) is 28.9. The third-order valence-electron chi connectivity index (χ3n) is 7.48. The van der Waals surface area contributed by atoms with E-state index in [-0.39, 0.29) is 29.0 Å². The number of piperidine rings is 1. The van der Waals surface area contributed by atoms with Crippen molar-refractivity contribution in [3.63, 3.8) is 0 Å². The number of hydrogen-bond acceptors (Lipinski definition) is 10. The average Bonchev–Trinajstić information content (AvgIpc) is 3.53. The fourth-order valence-corrected chi connectivity index (χ4v) is 7.32. The van der Waals surface area contributed by atoms with Crippen molar-refractivity contribution in [1.29, 1.82) is 0 Å². The molecule has 1 spiro atoms. The molecule has 2 aromatic heterocycles. The van der Waals surface area contributed by atoms with Crippen molar-refractivity contribution in [3.8, 4) is 5.75 Å². The number of nitrogens with zero attached hydrogens (tertiary/aromatic N) is 4. The summed E-state index contributed by atoms with van der Waals surface area (Å²) < 4.78 is 67.7. The van der Waals surface area contributed by atoms with E-state index >= 15 is 0 Å². The zero-order valence-electron chi connectivity index (χ0n) is 22.4. The van der Waals surface area contributed by atoms with Gasteiger partial charge in [0.15, 0.2) is 5.65 Å². The van der Waals surface area contributed by atoms with Crippen molar-refractivity contribution in [1.82, 2.24) is 28.9 Å². The highest BCUT2D eigenvalue weighted by Crippen LogP contribution is 2.37. The molecule has 2 atom stereocenters. The van der Waals surface area contributed by atoms with Crippen LogP contribution in [-0.4, -0.2) is 98.4 Å². The first-order chi connectivity index (χ1) is 19.0. The van der Waals surface area contributed by atoms with Crippen molar-refractivity contribution < 1.29 is 31.4 Å². The largest absolute Gasteiger partial charge is 0.491 e. The summed E-state index contributed by atoms with van der Waals surface area (Å²) in [6.45, 7) is 1.40. The lowest BCUT2D eigenvalue weighted by Crippen LogP contribution is -2.47. The van der Waals surface area contributed by atoms with E-state index in [1.54, 1.807) is 36.1 Å². The van der Waals surface area contributed by atoms with Gasteiger partial charge in [-0.05, 0) is 44.5 Å². The number of aliphatic hydroxyl groups is 1. The van der Waals surface area contributed by atoms with E-state index in [1.165, 1.54) is 29.7 Å². The molecule has 0 saturated carbocycles. The lowest BCUT2D eigenvalue weighted by atomic mass is 9.88. The molecule has 218 valence electrons. The SMILES string of the molecule is CNS(=O)(=O)c1cccc(OCC(O)CN[C@H]2COC3(CCN(S(=O)(=O)c4cnc5c(c4)ncn5C)CC3)C2)c1. The molecule has 3 aromatic rings. The van der Waals surface area contributed by atoms with Crippen molar-refractivity contribution in [2.45, 2.75) is 46.8 Å². The Kier molecular flexibility index (Phi) is 8.16. The van der Waals surface area contributed by atoms with Gasteiger partial charge in [0.05, 0.1) is 23.4 Å². The number of sulfonamides is 2. The molecule has 15 heteroatoms. The summed E-state index contributed by atoms with van der Waals surface area (Å²) in [6, 6.07) is 7.64. The highest BCUT2D eigenvalue weighted by molar-refractivity contribution is 7.89. The summed E-state index contributed by atoms with van der Waals surface area (Å²) in [4.78, 5) is 8.70. The number of aryl methyl sites for hydroxylation is 1. The minimum absolute atomic E-state index is 0.0117. The summed E-state index contributed by atoms with van der Waals surface area (Å²) in [5.74, 6) is 0.343. The Hall–Kier alpha value is -2.66. The highest BCUT2D eigenvalue weighted by Gasteiger charge is 2.44. The Morgan fingerprint density at radius 3 is 2.70 bits per heavy atom. The summed E-state index contributed by atoms with van der Waals surface area (Å²) in [5.41, 5.74) is 0.751. The summed E-state index contributed by atoms with van der Waals surface area (Å²) in [6.07, 6.45) is 4.01. The molecule has 2 aliphatic heterocycles. The number of aromatic nitrogens is 3. The van der Waals surface area contributed by atoms with E-state index in [4.69, 9.17) is 9.47 Å². The van der Waals surface area contributed by atoms with Gasteiger partial charge in [0.2, 0.25) is 20.0 Å². The maximum absolute atomic E-state index is 13.3. The minimum Gasteiger partial charge on any atom is -0.491 e. The maximum Gasteiger partial charge on any atom is 0.244 e. The third kappa shape index (κ3) is 6.00. The van der Waals surface area contributed by atoms with E-state index < -0.39 is 31.8 Å². The molecule has 5 rings (SSSR count). The molecule has 0 aliphatic carbocycles. The highest BCUT2D eigenvalue weighted by atomic mass is 32.2. The van der Waals surface area contributed by atoms with Gasteiger partial charge < -0.3 is 24.5 Å². The Labute approximate surface area is 233 Å². The van der Waals surface area contributed by atoms with Crippen LogP contribution in [0.5, 0.6) is 5.75 Å². The Bertz CT molecular complexity index is 1570. The second-order valence-electron chi connectivity index (χ2n) is 10.2. The second kappa shape index (κ2) is 11.3. The van der Waals surface area contributed by atoms with E-state index in [9.17, 15) is 21.9 Å². The number of aliphatic hydroxyl groups excluding tert-OH is 1. The lowest BCUT2D eigenvalue weighted by molar-refractivity contribution is -0.0312. The van der Waals surface area contributed by atoms with Crippen molar-refractivity contribution in [3.05, 3.63) is 42.9 Å². The average molecular weight is 595 g/mol. The summed E-state index contributed by atoms with van der Waals surface area (Å²) in [5, 5.41) is 13.7. The van der Waals surface area contributed by atoms with Crippen LogP contribution in [0.1, 0.15) is 19.3 Å². The zero-order valence-corrected chi connectivity index (χ0v) is 24.0. The smallest absolute Gasteiger partial charge is 0.244 e. The zero-order chi connectivity index (χ0) is 28.5. The summed E-state index contributed by atoms with van der Waals surface area (Å²) >= 11 is 0. The number of benzene rings is 1. The van der Waals surface area contributed by atoms with E-state index in [1.807, 2.05) is 0 Å². The Morgan fingerprint density at radius 2 is 1.95 bits per heavy atom. The summed E-state index contributed by atoms with van der Waals surface area (Å²) in [7, 11) is -4.15. The van der Waals surface area contributed by atoms with Crippen molar-refractivity contribution >= 4 is 31.2 Å². The quantitative estimate of drug-likeness (QED) is 0.296. The van der Waals surface area contributed by atoms with Crippen LogP contribution >= 0.6 is 0 Å². The molecule has 1 aromatic carbocycles. The molecular weight excluding hydrogens is 560 g/mol. The van der Waals surface area contributed by atoms with Crippen molar-refractivity contribution in [2.75, 3.05) is 39.9 Å².